The molecule has 0 spiro atoms. The molecule has 1 aromatic rings. The summed E-state index contributed by atoms with van der Waals surface area (Å²) in [7, 11) is 0. The van der Waals surface area contributed by atoms with Crippen LogP contribution < -0.4 is 0 Å². The second-order valence-corrected chi connectivity index (χ2v) is 5.84. The summed E-state index contributed by atoms with van der Waals surface area (Å²) >= 11 is 1.54. The molecule has 16 heavy (non-hydrogen) atoms. The standard InChI is InChI=1S/C12H14O3S/c1-12(2,11(14)15)10-6-7-8(13)4-3-5-9(7)16-10/h3-5,10,13H,6H2,1-2H3,(H,14,15). The Labute approximate surface area is 98.5 Å². The van der Waals surface area contributed by atoms with E-state index in [1.807, 2.05) is 6.07 Å². The van der Waals surface area contributed by atoms with Crippen molar-refractivity contribution in [3.05, 3.63) is 23.8 Å². The van der Waals surface area contributed by atoms with Gasteiger partial charge in [-0.25, -0.2) is 0 Å². The van der Waals surface area contributed by atoms with Gasteiger partial charge in [-0.1, -0.05) is 6.07 Å². The Morgan fingerprint density at radius 2 is 2.19 bits per heavy atom. The first-order chi connectivity index (χ1) is 7.43. The quantitative estimate of drug-likeness (QED) is 0.831. The summed E-state index contributed by atoms with van der Waals surface area (Å²) in [6.45, 7) is 3.46. The topological polar surface area (TPSA) is 57.5 Å². The zero-order valence-electron chi connectivity index (χ0n) is 9.23. The number of hydrogen-bond acceptors (Lipinski definition) is 3. The lowest BCUT2D eigenvalue weighted by molar-refractivity contribution is -0.146. The molecule has 2 rings (SSSR count). The summed E-state index contributed by atoms with van der Waals surface area (Å²) in [5, 5.41) is 18.8. The molecule has 4 heteroatoms. The minimum Gasteiger partial charge on any atom is -0.508 e. The highest BCUT2D eigenvalue weighted by molar-refractivity contribution is 8.00. The van der Waals surface area contributed by atoms with E-state index >= 15 is 0 Å². The van der Waals surface area contributed by atoms with Crippen LogP contribution in [0.2, 0.25) is 0 Å². The molecule has 1 atom stereocenters. The monoisotopic (exact) mass is 238 g/mol. The molecule has 0 saturated carbocycles. The Hall–Kier alpha value is -1.16. The van der Waals surface area contributed by atoms with Gasteiger partial charge in [0.15, 0.2) is 0 Å². The van der Waals surface area contributed by atoms with Crippen molar-refractivity contribution < 1.29 is 15.0 Å². The first-order valence-electron chi connectivity index (χ1n) is 5.14. The highest BCUT2D eigenvalue weighted by Gasteiger charge is 2.41. The zero-order chi connectivity index (χ0) is 11.9. The van der Waals surface area contributed by atoms with Crippen molar-refractivity contribution in [3.8, 4) is 5.75 Å². The van der Waals surface area contributed by atoms with Gasteiger partial charge in [-0.2, -0.15) is 0 Å². The number of hydrogen-bond donors (Lipinski definition) is 2. The van der Waals surface area contributed by atoms with Gasteiger partial charge in [0.1, 0.15) is 5.75 Å². The molecule has 86 valence electrons. The fraction of sp³-hybridized carbons (Fsp3) is 0.417. The molecule has 1 aliphatic rings. The van der Waals surface area contributed by atoms with Crippen molar-refractivity contribution in [1.82, 2.24) is 0 Å². The van der Waals surface area contributed by atoms with Crippen molar-refractivity contribution in [2.75, 3.05) is 0 Å². The number of thioether (sulfide) groups is 1. The smallest absolute Gasteiger partial charge is 0.310 e. The zero-order valence-corrected chi connectivity index (χ0v) is 10.0. The van der Waals surface area contributed by atoms with Crippen LogP contribution in [0.5, 0.6) is 5.75 Å². The first kappa shape index (κ1) is 11.3. The Morgan fingerprint density at radius 3 is 2.75 bits per heavy atom. The average Bonchev–Trinajstić information content (AvgIpc) is 2.63. The highest BCUT2D eigenvalue weighted by Crippen LogP contribution is 2.47. The molecule has 3 nitrogen and oxygen atoms in total. The molecule has 2 N–H and O–H groups in total. The molecule has 0 amide bonds. The maximum absolute atomic E-state index is 11.2. The van der Waals surface area contributed by atoms with Gasteiger partial charge < -0.3 is 10.2 Å². The molecule has 1 unspecified atom stereocenters. The second kappa shape index (κ2) is 3.70. The maximum atomic E-state index is 11.2. The molecule has 1 aromatic carbocycles. The highest BCUT2D eigenvalue weighted by atomic mass is 32.2. The van der Waals surface area contributed by atoms with Crippen molar-refractivity contribution >= 4 is 17.7 Å². The van der Waals surface area contributed by atoms with Gasteiger partial charge in [-0.15, -0.1) is 11.8 Å². The largest absolute Gasteiger partial charge is 0.508 e. The van der Waals surface area contributed by atoms with E-state index in [0.717, 1.165) is 10.5 Å². The molecule has 0 aromatic heterocycles. The van der Waals surface area contributed by atoms with Crippen LogP contribution in [0.25, 0.3) is 0 Å². The average molecular weight is 238 g/mol. The third kappa shape index (κ3) is 1.67. The van der Waals surface area contributed by atoms with Gasteiger partial charge in [0, 0.05) is 15.7 Å². The van der Waals surface area contributed by atoms with E-state index in [-0.39, 0.29) is 11.0 Å². The summed E-state index contributed by atoms with van der Waals surface area (Å²) < 4.78 is 0. The fourth-order valence-electron chi connectivity index (χ4n) is 1.79. The lowest BCUT2D eigenvalue weighted by Crippen LogP contribution is -2.34. The summed E-state index contributed by atoms with van der Waals surface area (Å²) in [5.41, 5.74) is 0.0997. The molecule has 0 aliphatic carbocycles. The van der Waals surface area contributed by atoms with E-state index in [1.54, 1.807) is 37.7 Å². The van der Waals surface area contributed by atoms with Crippen LogP contribution in [0.15, 0.2) is 23.1 Å². The van der Waals surface area contributed by atoms with Gasteiger partial charge in [-0.3, -0.25) is 4.79 Å². The number of phenolic OH excluding ortho intramolecular Hbond substituents is 1. The van der Waals surface area contributed by atoms with Gasteiger partial charge in [0.2, 0.25) is 0 Å². The van der Waals surface area contributed by atoms with Crippen LogP contribution in [0.1, 0.15) is 19.4 Å². The van der Waals surface area contributed by atoms with Crippen molar-refractivity contribution in [1.29, 1.82) is 0 Å². The van der Waals surface area contributed by atoms with Crippen LogP contribution in [-0.4, -0.2) is 21.4 Å². The SMILES string of the molecule is CC(C)(C(=O)O)C1Cc2c(O)cccc2S1. The van der Waals surface area contributed by atoms with E-state index in [0.29, 0.717) is 6.42 Å². The number of phenols is 1. The Bertz CT molecular complexity index is 440. The van der Waals surface area contributed by atoms with Gasteiger partial charge >= 0.3 is 5.97 Å². The van der Waals surface area contributed by atoms with Crippen molar-refractivity contribution in [3.63, 3.8) is 0 Å². The Morgan fingerprint density at radius 1 is 1.50 bits per heavy atom. The predicted molar refractivity (Wildman–Crippen MR) is 62.9 cm³/mol. The fourth-order valence-corrected chi connectivity index (χ4v) is 3.23. The van der Waals surface area contributed by atoms with Crippen LogP contribution in [0, 0.1) is 5.41 Å². The molecule has 0 radical (unpaired) electrons. The Kier molecular flexibility index (Phi) is 2.62. The van der Waals surface area contributed by atoms with E-state index in [1.165, 1.54) is 0 Å². The molecule has 0 saturated heterocycles. The lowest BCUT2D eigenvalue weighted by atomic mass is 9.86. The number of aliphatic carboxylic acids is 1. The summed E-state index contributed by atoms with van der Waals surface area (Å²) in [5.74, 6) is -0.522. The van der Waals surface area contributed by atoms with Gasteiger partial charge in [0.05, 0.1) is 5.41 Å². The minimum absolute atomic E-state index is 0.0201. The Balaban J connectivity index is 2.30. The predicted octanol–water partition coefficient (Wildman–Crippen LogP) is 2.52. The number of carboxylic acids is 1. The van der Waals surface area contributed by atoms with E-state index in [4.69, 9.17) is 0 Å². The number of benzene rings is 1. The number of aromatic hydroxyl groups is 1. The van der Waals surface area contributed by atoms with Crippen molar-refractivity contribution in [2.24, 2.45) is 5.41 Å². The first-order valence-corrected chi connectivity index (χ1v) is 6.02. The van der Waals surface area contributed by atoms with Crippen molar-refractivity contribution in [2.45, 2.75) is 30.4 Å². The van der Waals surface area contributed by atoms with Crippen LogP contribution in [0.4, 0.5) is 0 Å². The maximum Gasteiger partial charge on any atom is 0.310 e. The number of fused-ring (bicyclic) bond motifs is 1. The van der Waals surface area contributed by atoms with Crippen LogP contribution >= 0.6 is 11.8 Å². The van der Waals surface area contributed by atoms with Crippen LogP contribution in [0.3, 0.4) is 0 Å². The molecule has 0 bridgehead atoms. The van der Waals surface area contributed by atoms with E-state index < -0.39 is 11.4 Å². The second-order valence-electron chi connectivity index (χ2n) is 4.59. The lowest BCUT2D eigenvalue weighted by Gasteiger charge is -2.25. The molecule has 1 heterocycles. The molecular weight excluding hydrogens is 224 g/mol. The normalized spacial score (nSPS) is 19.5. The van der Waals surface area contributed by atoms with E-state index in [9.17, 15) is 15.0 Å². The van der Waals surface area contributed by atoms with Crippen LogP contribution in [-0.2, 0) is 11.2 Å². The third-order valence-corrected chi connectivity index (χ3v) is 4.80. The summed E-state index contributed by atoms with van der Waals surface area (Å²) in [6, 6.07) is 5.37. The number of carbonyl (C=O) groups is 1. The number of carboxylic acid groups (broad SMARTS) is 1. The number of rotatable bonds is 2. The third-order valence-electron chi connectivity index (χ3n) is 3.12. The molecular formula is C12H14O3S. The molecule has 1 aliphatic heterocycles. The van der Waals surface area contributed by atoms with E-state index in [2.05, 4.69) is 0 Å². The summed E-state index contributed by atoms with van der Waals surface area (Å²) in [4.78, 5) is 12.2. The summed E-state index contributed by atoms with van der Waals surface area (Å²) in [6.07, 6.45) is 0.617. The van der Waals surface area contributed by atoms with Gasteiger partial charge in [-0.05, 0) is 32.4 Å². The van der Waals surface area contributed by atoms with Gasteiger partial charge in [0.25, 0.3) is 0 Å². The minimum atomic E-state index is -0.794. The molecule has 0 fully saturated rings.